The molecule has 0 heterocycles. The predicted octanol–water partition coefficient (Wildman–Crippen LogP) is 3.26. The zero-order valence-corrected chi connectivity index (χ0v) is 10.5. The quantitative estimate of drug-likeness (QED) is 0.373. The summed E-state index contributed by atoms with van der Waals surface area (Å²) in [4.78, 5) is 22.0. The topological polar surface area (TPSA) is 69.4 Å². The second-order valence-electron chi connectivity index (χ2n) is 4.10. The van der Waals surface area contributed by atoms with E-state index in [1.54, 1.807) is 6.92 Å². The first-order valence-electron chi connectivity index (χ1n) is 5.71. The number of esters is 1. The summed E-state index contributed by atoms with van der Waals surface area (Å²) in [5.74, 6) is -1.92. The molecule has 0 amide bonds. The van der Waals surface area contributed by atoms with Gasteiger partial charge in [0.15, 0.2) is 0 Å². The van der Waals surface area contributed by atoms with Gasteiger partial charge in [-0.3, -0.25) is 10.1 Å². The fraction of sp³-hybridized carbons (Fsp3) is 0.0714. The first-order valence-corrected chi connectivity index (χ1v) is 5.71. The molecule has 0 spiro atoms. The molecule has 2 rings (SSSR count). The van der Waals surface area contributed by atoms with Gasteiger partial charge in [0.1, 0.15) is 5.82 Å². The molecule has 0 aliphatic heterocycles. The summed E-state index contributed by atoms with van der Waals surface area (Å²) in [6, 6.07) is 9.39. The van der Waals surface area contributed by atoms with Crippen molar-refractivity contribution in [1.82, 2.24) is 0 Å². The molecule has 0 aliphatic carbocycles. The molecule has 0 radical (unpaired) electrons. The number of halogens is 1. The van der Waals surface area contributed by atoms with Gasteiger partial charge >= 0.3 is 11.7 Å². The minimum atomic E-state index is -0.975. The standard InChI is InChI=1S/C14H10FNO4/c1-9-6-7-12(16(18)19)13(8-9)20-14(17)10-4-2-3-5-11(10)15/h2-8H,1H3. The van der Waals surface area contributed by atoms with Gasteiger partial charge in [0, 0.05) is 6.07 Å². The third-order valence-corrected chi connectivity index (χ3v) is 2.61. The zero-order valence-electron chi connectivity index (χ0n) is 10.5. The summed E-state index contributed by atoms with van der Waals surface area (Å²) in [7, 11) is 0. The number of ether oxygens (including phenoxy) is 1. The van der Waals surface area contributed by atoms with Crippen LogP contribution in [-0.4, -0.2) is 10.9 Å². The number of carbonyl (C=O) groups excluding carboxylic acids is 1. The maximum atomic E-state index is 13.4. The molecule has 0 atom stereocenters. The lowest BCUT2D eigenvalue weighted by molar-refractivity contribution is -0.385. The lowest BCUT2D eigenvalue weighted by atomic mass is 10.2. The molecule has 0 saturated heterocycles. The summed E-state index contributed by atoms with van der Waals surface area (Å²) in [6.45, 7) is 1.70. The molecule has 0 saturated carbocycles. The Balaban J connectivity index is 2.35. The van der Waals surface area contributed by atoms with Crippen LogP contribution in [0, 0.1) is 22.9 Å². The number of nitrogens with zero attached hydrogens (tertiary/aromatic N) is 1. The van der Waals surface area contributed by atoms with Crippen LogP contribution in [-0.2, 0) is 0 Å². The van der Waals surface area contributed by atoms with Crippen LogP contribution in [0.4, 0.5) is 10.1 Å². The SMILES string of the molecule is Cc1ccc([N+](=O)[O-])c(OC(=O)c2ccccc2F)c1. The predicted molar refractivity (Wildman–Crippen MR) is 69.2 cm³/mol. The highest BCUT2D eigenvalue weighted by Crippen LogP contribution is 2.28. The summed E-state index contributed by atoms with van der Waals surface area (Å²) in [5.41, 5.74) is 0.0653. The van der Waals surface area contributed by atoms with E-state index in [1.165, 1.54) is 36.4 Å². The molecule has 0 N–H and O–H groups in total. The minimum absolute atomic E-state index is 0.205. The maximum absolute atomic E-state index is 13.4. The maximum Gasteiger partial charge on any atom is 0.346 e. The average molecular weight is 275 g/mol. The van der Waals surface area contributed by atoms with Crippen LogP contribution in [0.5, 0.6) is 5.75 Å². The van der Waals surface area contributed by atoms with E-state index >= 15 is 0 Å². The lowest BCUT2D eigenvalue weighted by Crippen LogP contribution is -2.11. The van der Waals surface area contributed by atoms with E-state index in [4.69, 9.17) is 4.74 Å². The molecular weight excluding hydrogens is 265 g/mol. The van der Waals surface area contributed by atoms with Crippen molar-refractivity contribution < 1.29 is 18.8 Å². The molecule has 0 aliphatic rings. The van der Waals surface area contributed by atoms with Gasteiger partial charge in [-0.25, -0.2) is 9.18 Å². The molecule has 2 aromatic carbocycles. The number of benzene rings is 2. The van der Waals surface area contributed by atoms with E-state index in [1.807, 2.05) is 0 Å². The summed E-state index contributed by atoms with van der Waals surface area (Å²) in [6.07, 6.45) is 0. The van der Waals surface area contributed by atoms with Crippen molar-refractivity contribution in [1.29, 1.82) is 0 Å². The second-order valence-corrected chi connectivity index (χ2v) is 4.10. The van der Waals surface area contributed by atoms with Gasteiger partial charge in [-0.05, 0) is 30.7 Å². The van der Waals surface area contributed by atoms with Crippen LogP contribution in [0.2, 0.25) is 0 Å². The number of aryl methyl sites for hydroxylation is 1. The Morgan fingerprint density at radius 1 is 1.25 bits per heavy atom. The van der Waals surface area contributed by atoms with Crippen molar-refractivity contribution in [2.45, 2.75) is 6.92 Å². The third-order valence-electron chi connectivity index (χ3n) is 2.61. The van der Waals surface area contributed by atoms with E-state index in [0.717, 1.165) is 6.07 Å². The third kappa shape index (κ3) is 2.80. The number of hydrogen-bond donors (Lipinski definition) is 0. The van der Waals surface area contributed by atoms with Crippen LogP contribution in [0.15, 0.2) is 42.5 Å². The van der Waals surface area contributed by atoms with Gasteiger partial charge in [0.25, 0.3) is 0 Å². The number of nitro benzene ring substituents is 1. The average Bonchev–Trinajstić information content (AvgIpc) is 2.38. The first kappa shape index (κ1) is 13.7. The summed E-state index contributed by atoms with van der Waals surface area (Å²) < 4.78 is 18.4. The molecule has 5 nitrogen and oxygen atoms in total. The van der Waals surface area contributed by atoms with Crippen molar-refractivity contribution in [2.75, 3.05) is 0 Å². The Bertz CT molecular complexity index is 685. The fourth-order valence-electron chi connectivity index (χ4n) is 1.64. The number of carbonyl (C=O) groups is 1. The van der Waals surface area contributed by atoms with Crippen LogP contribution in [0.3, 0.4) is 0 Å². The highest BCUT2D eigenvalue weighted by atomic mass is 19.1. The van der Waals surface area contributed by atoms with E-state index in [2.05, 4.69) is 0 Å². The van der Waals surface area contributed by atoms with E-state index in [9.17, 15) is 19.3 Å². The number of hydrogen-bond acceptors (Lipinski definition) is 4. The van der Waals surface area contributed by atoms with Crippen molar-refractivity contribution in [3.63, 3.8) is 0 Å². The highest BCUT2D eigenvalue weighted by molar-refractivity contribution is 5.91. The van der Waals surface area contributed by atoms with Gasteiger partial charge < -0.3 is 4.74 Å². The number of nitro groups is 1. The van der Waals surface area contributed by atoms with Crippen molar-refractivity contribution in [3.8, 4) is 5.75 Å². The lowest BCUT2D eigenvalue weighted by Gasteiger charge is -2.06. The smallest absolute Gasteiger partial charge is 0.346 e. The Morgan fingerprint density at radius 2 is 1.95 bits per heavy atom. The Hall–Kier alpha value is -2.76. The molecule has 0 unspecified atom stereocenters. The second kappa shape index (κ2) is 5.48. The van der Waals surface area contributed by atoms with Crippen molar-refractivity contribution >= 4 is 11.7 Å². The summed E-state index contributed by atoms with van der Waals surface area (Å²) >= 11 is 0. The fourth-order valence-corrected chi connectivity index (χ4v) is 1.64. The highest BCUT2D eigenvalue weighted by Gasteiger charge is 2.20. The van der Waals surface area contributed by atoms with Gasteiger partial charge in [0.05, 0.1) is 10.5 Å². The van der Waals surface area contributed by atoms with Gasteiger partial charge in [-0.2, -0.15) is 0 Å². The van der Waals surface area contributed by atoms with Gasteiger partial charge in [-0.15, -0.1) is 0 Å². The molecule has 20 heavy (non-hydrogen) atoms. The molecule has 102 valence electrons. The number of rotatable bonds is 3. The van der Waals surface area contributed by atoms with Crippen molar-refractivity contribution in [2.24, 2.45) is 0 Å². The van der Waals surface area contributed by atoms with Crippen LogP contribution in [0.1, 0.15) is 15.9 Å². The molecule has 0 bridgehead atoms. The van der Waals surface area contributed by atoms with Crippen LogP contribution in [0.25, 0.3) is 0 Å². The molecule has 6 heteroatoms. The van der Waals surface area contributed by atoms with Gasteiger partial charge in [0.2, 0.25) is 5.75 Å². The molecule has 2 aromatic rings. The Kier molecular flexibility index (Phi) is 3.74. The van der Waals surface area contributed by atoms with E-state index in [-0.39, 0.29) is 17.0 Å². The van der Waals surface area contributed by atoms with E-state index < -0.39 is 16.7 Å². The summed E-state index contributed by atoms with van der Waals surface area (Å²) in [5, 5.41) is 10.9. The van der Waals surface area contributed by atoms with Gasteiger partial charge in [-0.1, -0.05) is 18.2 Å². The molecule has 0 aromatic heterocycles. The zero-order chi connectivity index (χ0) is 14.7. The Labute approximate surface area is 113 Å². The monoisotopic (exact) mass is 275 g/mol. The van der Waals surface area contributed by atoms with Crippen LogP contribution >= 0.6 is 0 Å². The Morgan fingerprint density at radius 3 is 2.60 bits per heavy atom. The van der Waals surface area contributed by atoms with Crippen molar-refractivity contribution in [3.05, 3.63) is 69.5 Å². The first-order chi connectivity index (χ1) is 9.49. The largest absolute Gasteiger partial charge is 0.415 e. The van der Waals surface area contributed by atoms with E-state index in [0.29, 0.717) is 5.56 Å². The van der Waals surface area contributed by atoms with Crippen LogP contribution < -0.4 is 4.74 Å². The minimum Gasteiger partial charge on any atom is -0.415 e. The molecule has 0 fully saturated rings. The molecular formula is C14H10FNO4. The normalized spacial score (nSPS) is 10.1.